The summed E-state index contributed by atoms with van der Waals surface area (Å²) in [6, 6.07) is 15.5. The number of amides is 1. The molecule has 0 bridgehead atoms. The highest BCUT2D eigenvalue weighted by Crippen LogP contribution is 2.16. The fourth-order valence-corrected chi connectivity index (χ4v) is 2.14. The van der Waals surface area contributed by atoms with Gasteiger partial charge in [-0.25, -0.2) is 9.82 Å². The van der Waals surface area contributed by atoms with Crippen molar-refractivity contribution in [3.05, 3.63) is 66.0 Å². The molecule has 0 aromatic heterocycles. The molecule has 102 valence electrons. The van der Waals surface area contributed by atoms with Gasteiger partial charge in [-0.3, -0.25) is 4.79 Å². The van der Waals surface area contributed by atoms with Crippen LogP contribution in [0.5, 0.6) is 0 Å². The van der Waals surface area contributed by atoms with Crippen molar-refractivity contribution in [3.63, 3.8) is 0 Å². The molecule has 5 heteroatoms. The summed E-state index contributed by atoms with van der Waals surface area (Å²) in [4.78, 5) is 12.6. The maximum absolute atomic E-state index is 12.7. The quantitative estimate of drug-likeness (QED) is 0.522. The summed E-state index contributed by atoms with van der Waals surface area (Å²) in [6.45, 7) is 0. The Labute approximate surface area is 120 Å². The maximum atomic E-state index is 12.7. The van der Waals surface area contributed by atoms with Crippen LogP contribution in [0.25, 0.3) is 0 Å². The van der Waals surface area contributed by atoms with Crippen molar-refractivity contribution in [2.45, 2.75) is 4.90 Å². The molecule has 20 heavy (non-hydrogen) atoms. The monoisotopic (exact) mass is 288 g/mol. The van der Waals surface area contributed by atoms with Gasteiger partial charge in [0.1, 0.15) is 5.82 Å². The predicted octanol–water partition coefficient (Wildman–Crippen LogP) is 3.07. The van der Waals surface area contributed by atoms with Crippen LogP contribution in [-0.4, -0.2) is 17.9 Å². The number of halogens is 1. The molecule has 2 rings (SSSR count). The molecule has 0 atom stereocenters. The standard InChI is InChI=1S/C15H13FN2OS/c16-13-8-6-12(7-9-13)10-17-18-15(19)11-20-14-4-2-1-3-5-14/h1-10H,11H2,(H,18,19)/b17-10-. The van der Waals surface area contributed by atoms with Crippen LogP contribution in [0.3, 0.4) is 0 Å². The fraction of sp³-hybridized carbons (Fsp3) is 0.0667. The maximum Gasteiger partial charge on any atom is 0.250 e. The van der Waals surface area contributed by atoms with Gasteiger partial charge >= 0.3 is 0 Å². The van der Waals surface area contributed by atoms with E-state index < -0.39 is 0 Å². The third-order valence-electron chi connectivity index (χ3n) is 2.39. The SMILES string of the molecule is O=C(CSc1ccccc1)N/N=C\c1ccc(F)cc1. The number of hydrogen-bond donors (Lipinski definition) is 1. The van der Waals surface area contributed by atoms with Crippen LogP contribution in [0.1, 0.15) is 5.56 Å². The molecular formula is C15H13FN2OS. The smallest absolute Gasteiger partial charge is 0.250 e. The lowest BCUT2D eigenvalue weighted by Crippen LogP contribution is -2.19. The Balaban J connectivity index is 1.76. The number of nitrogens with zero attached hydrogens (tertiary/aromatic N) is 1. The van der Waals surface area contributed by atoms with E-state index in [1.54, 1.807) is 12.1 Å². The minimum atomic E-state index is -0.301. The fourth-order valence-electron chi connectivity index (χ4n) is 1.43. The molecule has 0 radical (unpaired) electrons. The molecule has 3 nitrogen and oxygen atoms in total. The lowest BCUT2D eigenvalue weighted by atomic mass is 10.2. The Morgan fingerprint density at radius 2 is 1.85 bits per heavy atom. The number of benzene rings is 2. The van der Waals surface area contributed by atoms with Gasteiger partial charge in [0.2, 0.25) is 5.91 Å². The minimum absolute atomic E-state index is 0.183. The van der Waals surface area contributed by atoms with Gasteiger partial charge in [-0.1, -0.05) is 30.3 Å². The molecule has 0 unspecified atom stereocenters. The number of hydrazone groups is 1. The molecule has 1 N–H and O–H groups in total. The van der Waals surface area contributed by atoms with E-state index in [2.05, 4.69) is 10.5 Å². The van der Waals surface area contributed by atoms with Gasteiger partial charge in [0.25, 0.3) is 0 Å². The zero-order valence-corrected chi connectivity index (χ0v) is 11.4. The van der Waals surface area contributed by atoms with Crippen LogP contribution >= 0.6 is 11.8 Å². The van der Waals surface area contributed by atoms with E-state index in [4.69, 9.17) is 0 Å². The van der Waals surface area contributed by atoms with E-state index in [0.29, 0.717) is 5.75 Å². The first-order chi connectivity index (χ1) is 9.74. The Bertz CT molecular complexity index is 585. The Morgan fingerprint density at radius 1 is 1.15 bits per heavy atom. The second-order valence-electron chi connectivity index (χ2n) is 3.95. The van der Waals surface area contributed by atoms with Crippen molar-refractivity contribution >= 4 is 23.9 Å². The molecule has 0 fully saturated rings. The van der Waals surface area contributed by atoms with E-state index in [9.17, 15) is 9.18 Å². The third-order valence-corrected chi connectivity index (χ3v) is 3.40. The van der Waals surface area contributed by atoms with Gasteiger partial charge < -0.3 is 0 Å². The van der Waals surface area contributed by atoms with E-state index in [1.807, 2.05) is 30.3 Å². The molecular weight excluding hydrogens is 275 g/mol. The van der Waals surface area contributed by atoms with E-state index >= 15 is 0 Å². The number of carbonyl (C=O) groups excluding carboxylic acids is 1. The molecule has 0 spiro atoms. The summed E-state index contributed by atoms with van der Waals surface area (Å²) in [7, 11) is 0. The zero-order valence-electron chi connectivity index (χ0n) is 10.6. The number of nitrogens with one attached hydrogen (secondary N) is 1. The first-order valence-corrected chi connectivity index (χ1v) is 6.98. The van der Waals surface area contributed by atoms with Crippen molar-refractivity contribution < 1.29 is 9.18 Å². The second kappa shape index (κ2) is 7.45. The van der Waals surface area contributed by atoms with Gasteiger partial charge in [-0.05, 0) is 29.8 Å². The van der Waals surface area contributed by atoms with Crippen LogP contribution < -0.4 is 5.43 Å². The van der Waals surface area contributed by atoms with Crippen molar-refractivity contribution in [1.29, 1.82) is 0 Å². The minimum Gasteiger partial charge on any atom is -0.272 e. The molecule has 0 aliphatic heterocycles. The van der Waals surface area contributed by atoms with Gasteiger partial charge in [-0.2, -0.15) is 5.10 Å². The largest absolute Gasteiger partial charge is 0.272 e. The Kier molecular flexibility index (Phi) is 5.32. The van der Waals surface area contributed by atoms with Crippen LogP contribution in [-0.2, 0) is 4.79 Å². The van der Waals surface area contributed by atoms with Crippen LogP contribution in [0.15, 0.2) is 64.6 Å². The average Bonchev–Trinajstić information content (AvgIpc) is 2.48. The second-order valence-corrected chi connectivity index (χ2v) is 5.00. The number of carbonyl (C=O) groups is 1. The molecule has 2 aromatic rings. The Hall–Kier alpha value is -2.14. The summed E-state index contributed by atoms with van der Waals surface area (Å²) < 4.78 is 12.7. The van der Waals surface area contributed by atoms with E-state index in [1.165, 1.54) is 30.1 Å². The Morgan fingerprint density at radius 3 is 2.55 bits per heavy atom. The molecule has 0 saturated heterocycles. The lowest BCUT2D eigenvalue weighted by molar-refractivity contribution is -0.118. The summed E-state index contributed by atoms with van der Waals surface area (Å²) >= 11 is 1.44. The number of thioether (sulfide) groups is 1. The molecule has 1 amide bonds. The summed E-state index contributed by atoms with van der Waals surface area (Å²) in [5.41, 5.74) is 3.16. The highest BCUT2D eigenvalue weighted by atomic mass is 32.2. The van der Waals surface area contributed by atoms with Crippen molar-refractivity contribution in [2.24, 2.45) is 5.10 Å². The van der Waals surface area contributed by atoms with Crippen LogP contribution in [0.4, 0.5) is 4.39 Å². The number of hydrogen-bond acceptors (Lipinski definition) is 3. The molecule has 0 heterocycles. The topological polar surface area (TPSA) is 41.5 Å². The van der Waals surface area contributed by atoms with Crippen molar-refractivity contribution in [2.75, 3.05) is 5.75 Å². The average molecular weight is 288 g/mol. The molecule has 0 aliphatic rings. The van der Waals surface area contributed by atoms with E-state index in [0.717, 1.165) is 10.5 Å². The first kappa shape index (κ1) is 14.3. The predicted molar refractivity (Wildman–Crippen MR) is 79.3 cm³/mol. The van der Waals surface area contributed by atoms with Gasteiger partial charge in [0.05, 0.1) is 12.0 Å². The summed E-state index contributed by atoms with van der Waals surface area (Å²) in [5, 5.41) is 3.82. The lowest BCUT2D eigenvalue weighted by Gasteiger charge is -2.00. The molecule has 0 saturated carbocycles. The van der Waals surface area contributed by atoms with Gasteiger partial charge in [-0.15, -0.1) is 11.8 Å². The summed E-state index contributed by atoms with van der Waals surface area (Å²) in [5.74, 6) is -0.187. The third kappa shape index (κ3) is 4.85. The number of rotatable bonds is 5. The highest BCUT2D eigenvalue weighted by molar-refractivity contribution is 8.00. The molecule has 0 aliphatic carbocycles. The van der Waals surface area contributed by atoms with Gasteiger partial charge in [0, 0.05) is 4.90 Å². The van der Waals surface area contributed by atoms with E-state index in [-0.39, 0.29) is 11.7 Å². The van der Waals surface area contributed by atoms with Crippen molar-refractivity contribution in [3.8, 4) is 0 Å². The molecule has 2 aromatic carbocycles. The van der Waals surface area contributed by atoms with Crippen LogP contribution in [0, 0.1) is 5.82 Å². The summed E-state index contributed by atoms with van der Waals surface area (Å²) in [6.07, 6.45) is 1.48. The first-order valence-electron chi connectivity index (χ1n) is 5.99. The zero-order chi connectivity index (χ0) is 14.2. The highest BCUT2D eigenvalue weighted by Gasteiger charge is 2.00. The van der Waals surface area contributed by atoms with Gasteiger partial charge in [0.15, 0.2) is 0 Å². The van der Waals surface area contributed by atoms with Crippen molar-refractivity contribution in [1.82, 2.24) is 5.43 Å². The normalized spacial score (nSPS) is 10.7. The van der Waals surface area contributed by atoms with Crippen LogP contribution in [0.2, 0.25) is 0 Å².